The second-order valence-electron chi connectivity index (χ2n) is 9.56. The fourth-order valence-corrected chi connectivity index (χ4v) is 5.02. The zero-order valence-corrected chi connectivity index (χ0v) is 20.2. The summed E-state index contributed by atoms with van der Waals surface area (Å²) in [6, 6.07) is 8.36. The molecule has 34 heavy (non-hydrogen) atoms. The van der Waals surface area contributed by atoms with Crippen LogP contribution in [-0.4, -0.2) is 75.9 Å². The number of hydrogen-bond acceptors (Lipinski definition) is 6. The molecule has 0 radical (unpaired) electrons. The topological polar surface area (TPSA) is 75.5 Å². The average molecular weight is 463 g/mol. The molecule has 2 aliphatic rings. The number of fused-ring (bicyclic) bond motifs is 1. The molecule has 2 aliphatic heterocycles. The van der Waals surface area contributed by atoms with E-state index in [1.54, 1.807) is 0 Å². The van der Waals surface area contributed by atoms with E-state index in [1.807, 2.05) is 37.1 Å². The van der Waals surface area contributed by atoms with Gasteiger partial charge in [-0.3, -0.25) is 19.3 Å². The summed E-state index contributed by atoms with van der Waals surface area (Å²) in [7, 11) is 2.02. The van der Waals surface area contributed by atoms with Crippen molar-refractivity contribution < 1.29 is 9.53 Å². The van der Waals surface area contributed by atoms with Crippen LogP contribution in [0.4, 0.5) is 5.82 Å². The molecule has 1 amide bonds. The van der Waals surface area contributed by atoms with Gasteiger partial charge in [0.1, 0.15) is 5.82 Å². The molecule has 3 aromatic rings. The van der Waals surface area contributed by atoms with Crippen molar-refractivity contribution in [3.63, 3.8) is 0 Å². The Balaban J connectivity index is 1.33. The van der Waals surface area contributed by atoms with E-state index in [-0.39, 0.29) is 12.0 Å². The van der Waals surface area contributed by atoms with E-state index in [4.69, 9.17) is 4.74 Å². The molecule has 0 bridgehead atoms. The number of pyridine rings is 1. The number of rotatable bonds is 6. The number of carbonyl (C=O) groups excluding carboxylic acids is 1. The Kier molecular flexibility index (Phi) is 6.89. The second kappa shape index (κ2) is 10.2. The number of ether oxygens (including phenoxy) is 1. The summed E-state index contributed by atoms with van der Waals surface area (Å²) in [6.07, 6.45) is 7.82. The number of aromatic nitrogens is 3. The lowest BCUT2D eigenvalue weighted by molar-refractivity contribution is -0.119. The Morgan fingerprint density at radius 2 is 1.94 bits per heavy atom. The fourth-order valence-electron chi connectivity index (χ4n) is 5.02. The average Bonchev–Trinajstić information content (AvgIpc) is 3.19. The first-order valence-corrected chi connectivity index (χ1v) is 12.3. The first-order chi connectivity index (χ1) is 16.5. The van der Waals surface area contributed by atoms with Crippen molar-refractivity contribution in [3.05, 3.63) is 42.4 Å². The Morgan fingerprint density at radius 3 is 2.76 bits per heavy atom. The summed E-state index contributed by atoms with van der Waals surface area (Å²) in [5.74, 6) is 0.531. The van der Waals surface area contributed by atoms with Crippen molar-refractivity contribution in [2.45, 2.75) is 38.8 Å². The third kappa shape index (κ3) is 5.29. The monoisotopic (exact) mass is 462 g/mol. The van der Waals surface area contributed by atoms with Gasteiger partial charge in [-0.1, -0.05) is 18.6 Å². The van der Waals surface area contributed by atoms with Gasteiger partial charge in [0.25, 0.3) is 0 Å². The standard InChI is InChI=1S/C26H34N6O2/c1-19-16-32(10-11-34-19)18-26(33)29-25-13-22-12-20(6-7-21(22)14-27-25)23-15-28-30(2)24(23)17-31-8-4-3-5-9-31/h6-7,12-15,19H,3-5,8-11,16-18H2,1-2H3,(H,27,29,33)/t19-/m0/s1. The third-order valence-corrected chi connectivity index (χ3v) is 6.88. The van der Waals surface area contributed by atoms with Crippen molar-refractivity contribution in [2.24, 2.45) is 7.05 Å². The van der Waals surface area contributed by atoms with E-state index in [0.29, 0.717) is 19.0 Å². The van der Waals surface area contributed by atoms with Crippen LogP contribution in [0.15, 0.2) is 36.7 Å². The minimum absolute atomic E-state index is 0.0480. The van der Waals surface area contributed by atoms with Gasteiger partial charge in [0.2, 0.25) is 5.91 Å². The molecule has 0 unspecified atom stereocenters. The molecule has 1 N–H and O–H groups in total. The lowest BCUT2D eigenvalue weighted by Gasteiger charge is -2.30. The Hall–Kier alpha value is -2.81. The van der Waals surface area contributed by atoms with E-state index < -0.39 is 0 Å². The van der Waals surface area contributed by atoms with Crippen molar-refractivity contribution in [1.29, 1.82) is 0 Å². The lowest BCUT2D eigenvalue weighted by Crippen LogP contribution is -2.44. The van der Waals surface area contributed by atoms with Crippen LogP contribution in [0.25, 0.3) is 21.9 Å². The number of amides is 1. The number of piperidine rings is 1. The van der Waals surface area contributed by atoms with Gasteiger partial charge < -0.3 is 10.1 Å². The van der Waals surface area contributed by atoms with Gasteiger partial charge in [0.15, 0.2) is 0 Å². The molecule has 180 valence electrons. The van der Waals surface area contributed by atoms with Crippen molar-refractivity contribution in [2.75, 3.05) is 44.6 Å². The van der Waals surface area contributed by atoms with Crippen LogP contribution in [0.5, 0.6) is 0 Å². The SMILES string of the molecule is C[C@H]1CN(CC(=O)Nc2cc3cc(-c4cnn(C)c4CN4CCCCC4)ccc3cn2)CCO1. The molecule has 0 saturated carbocycles. The summed E-state index contributed by atoms with van der Waals surface area (Å²) in [6.45, 7) is 7.82. The van der Waals surface area contributed by atoms with E-state index in [0.717, 1.165) is 49.1 Å². The van der Waals surface area contributed by atoms with Crippen LogP contribution in [-0.2, 0) is 23.1 Å². The van der Waals surface area contributed by atoms with Gasteiger partial charge in [-0.15, -0.1) is 0 Å². The zero-order valence-electron chi connectivity index (χ0n) is 20.2. The molecule has 0 aliphatic carbocycles. The highest BCUT2D eigenvalue weighted by Crippen LogP contribution is 2.29. The normalized spacial score (nSPS) is 20.0. The molecular weight excluding hydrogens is 428 g/mol. The van der Waals surface area contributed by atoms with Gasteiger partial charge in [-0.05, 0) is 55.9 Å². The Bertz CT molecular complexity index is 1150. The molecule has 5 rings (SSSR count). The summed E-state index contributed by atoms with van der Waals surface area (Å²) < 4.78 is 7.56. The number of anilines is 1. The number of carbonyl (C=O) groups is 1. The molecule has 2 aromatic heterocycles. The molecule has 8 heteroatoms. The van der Waals surface area contributed by atoms with Crippen molar-refractivity contribution >= 4 is 22.5 Å². The lowest BCUT2D eigenvalue weighted by atomic mass is 10.0. The maximum atomic E-state index is 12.6. The number of nitrogens with zero attached hydrogens (tertiary/aromatic N) is 5. The molecule has 2 saturated heterocycles. The van der Waals surface area contributed by atoms with E-state index in [2.05, 4.69) is 43.4 Å². The quantitative estimate of drug-likeness (QED) is 0.606. The summed E-state index contributed by atoms with van der Waals surface area (Å²) in [4.78, 5) is 21.7. The minimum Gasteiger partial charge on any atom is -0.376 e. The number of benzene rings is 1. The predicted octanol–water partition coefficient (Wildman–Crippen LogP) is 3.28. The largest absolute Gasteiger partial charge is 0.376 e. The van der Waals surface area contributed by atoms with Gasteiger partial charge >= 0.3 is 0 Å². The molecule has 1 atom stereocenters. The number of morpholine rings is 1. The summed E-state index contributed by atoms with van der Waals surface area (Å²) in [5.41, 5.74) is 3.54. The number of likely N-dealkylation sites (tertiary alicyclic amines) is 1. The molecule has 2 fully saturated rings. The molecule has 1 aromatic carbocycles. The first-order valence-electron chi connectivity index (χ1n) is 12.3. The second-order valence-corrected chi connectivity index (χ2v) is 9.56. The molecule has 0 spiro atoms. The summed E-state index contributed by atoms with van der Waals surface area (Å²) in [5, 5.41) is 9.63. The molecule has 4 heterocycles. The number of nitrogens with one attached hydrogen (secondary N) is 1. The number of hydrogen-bond donors (Lipinski definition) is 1. The highest BCUT2D eigenvalue weighted by atomic mass is 16.5. The smallest absolute Gasteiger partial charge is 0.239 e. The van der Waals surface area contributed by atoms with Crippen LogP contribution in [0, 0.1) is 0 Å². The van der Waals surface area contributed by atoms with Crippen LogP contribution >= 0.6 is 0 Å². The van der Waals surface area contributed by atoms with Crippen LogP contribution in [0.2, 0.25) is 0 Å². The fraction of sp³-hybridized carbons (Fsp3) is 0.500. The highest BCUT2D eigenvalue weighted by molar-refractivity contribution is 5.95. The predicted molar refractivity (Wildman–Crippen MR) is 134 cm³/mol. The third-order valence-electron chi connectivity index (χ3n) is 6.88. The maximum Gasteiger partial charge on any atom is 0.239 e. The van der Waals surface area contributed by atoms with Gasteiger partial charge in [0.05, 0.1) is 31.1 Å². The van der Waals surface area contributed by atoms with E-state index in [1.165, 1.54) is 30.5 Å². The van der Waals surface area contributed by atoms with Gasteiger partial charge in [-0.2, -0.15) is 5.10 Å². The number of aryl methyl sites for hydroxylation is 1. The van der Waals surface area contributed by atoms with E-state index >= 15 is 0 Å². The van der Waals surface area contributed by atoms with Gasteiger partial charge in [0, 0.05) is 43.8 Å². The van der Waals surface area contributed by atoms with Crippen LogP contribution in [0.1, 0.15) is 31.9 Å². The minimum atomic E-state index is -0.0480. The Morgan fingerprint density at radius 1 is 1.09 bits per heavy atom. The van der Waals surface area contributed by atoms with Crippen molar-refractivity contribution in [3.8, 4) is 11.1 Å². The Labute approximate surface area is 200 Å². The van der Waals surface area contributed by atoms with E-state index in [9.17, 15) is 4.79 Å². The van der Waals surface area contributed by atoms with Crippen LogP contribution < -0.4 is 5.32 Å². The first kappa shape index (κ1) is 23.0. The zero-order chi connectivity index (χ0) is 23.5. The van der Waals surface area contributed by atoms with Gasteiger partial charge in [-0.25, -0.2) is 4.98 Å². The van der Waals surface area contributed by atoms with Crippen LogP contribution in [0.3, 0.4) is 0 Å². The molecule has 8 nitrogen and oxygen atoms in total. The molecular formula is C26H34N6O2. The summed E-state index contributed by atoms with van der Waals surface area (Å²) >= 11 is 0. The maximum absolute atomic E-state index is 12.6. The van der Waals surface area contributed by atoms with Crippen molar-refractivity contribution in [1.82, 2.24) is 24.6 Å². The highest BCUT2D eigenvalue weighted by Gasteiger charge is 2.20.